The molecular weight excluding hydrogens is 270 g/mol. The fourth-order valence-corrected chi connectivity index (χ4v) is 2.82. The van der Waals surface area contributed by atoms with E-state index in [-0.39, 0.29) is 0 Å². The van der Waals surface area contributed by atoms with Crippen LogP contribution in [0.2, 0.25) is 0 Å². The second-order valence-corrected chi connectivity index (χ2v) is 6.49. The molecule has 0 aliphatic carbocycles. The molecule has 22 heavy (non-hydrogen) atoms. The van der Waals surface area contributed by atoms with Crippen LogP contribution in [-0.4, -0.2) is 11.7 Å². The van der Waals surface area contributed by atoms with E-state index in [4.69, 9.17) is 0 Å². The van der Waals surface area contributed by atoms with Gasteiger partial charge in [0.2, 0.25) is 0 Å². The Bertz CT molecular complexity index is 389. The smallest absolute Gasteiger partial charge is 0.120 e. The molecule has 0 saturated carbocycles. The van der Waals surface area contributed by atoms with Gasteiger partial charge < -0.3 is 10.4 Å². The van der Waals surface area contributed by atoms with Crippen LogP contribution in [-0.2, 0) is 6.54 Å². The third-order valence-electron chi connectivity index (χ3n) is 4.26. The number of unbranched alkanes of at least 4 members (excludes halogenated alkanes) is 9. The number of aromatic hydroxyl groups is 1. The second kappa shape index (κ2) is 12.5. The quantitative estimate of drug-likeness (QED) is 0.457. The van der Waals surface area contributed by atoms with E-state index in [1.54, 1.807) is 6.07 Å². The van der Waals surface area contributed by atoms with Crippen molar-refractivity contribution in [3.63, 3.8) is 0 Å². The Balaban J connectivity index is 1.90. The summed E-state index contributed by atoms with van der Waals surface area (Å²) in [6.07, 6.45) is 13.7. The molecule has 0 fully saturated rings. The predicted molar refractivity (Wildman–Crippen MR) is 96.4 cm³/mol. The van der Waals surface area contributed by atoms with Crippen molar-refractivity contribution >= 4 is 0 Å². The minimum atomic E-state index is 0.404. The van der Waals surface area contributed by atoms with Crippen LogP contribution in [0.1, 0.15) is 82.3 Å². The maximum atomic E-state index is 9.77. The third kappa shape index (κ3) is 9.09. The Kier molecular flexibility index (Phi) is 10.8. The summed E-state index contributed by atoms with van der Waals surface area (Å²) in [5.74, 6) is 0.404. The summed E-state index contributed by atoms with van der Waals surface area (Å²) in [5, 5.41) is 13.2. The Morgan fingerprint density at radius 3 is 2.09 bits per heavy atom. The normalized spacial score (nSPS) is 11.0. The van der Waals surface area contributed by atoms with Crippen LogP contribution in [0.3, 0.4) is 0 Å². The average molecular weight is 306 g/mol. The first-order valence-corrected chi connectivity index (χ1v) is 9.23. The van der Waals surface area contributed by atoms with Gasteiger partial charge >= 0.3 is 0 Å². The van der Waals surface area contributed by atoms with E-state index in [0.29, 0.717) is 5.75 Å². The van der Waals surface area contributed by atoms with Crippen LogP contribution in [0.5, 0.6) is 5.75 Å². The monoisotopic (exact) mass is 305 g/mol. The number of benzene rings is 1. The standard InChI is InChI=1S/C20H35NO/c1-3-4-5-6-7-8-9-10-11-12-15-21-17-19-16-18(2)13-14-20(19)22/h13-14,16,21-22H,3-12,15,17H2,1-2H3. The Morgan fingerprint density at radius 2 is 1.45 bits per heavy atom. The molecule has 2 heteroatoms. The number of phenolic OH excluding ortho intramolecular Hbond substituents is 1. The number of hydrogen-bond acceptors (Lipinski definition) is 2. The van der Waals surface area contributed by atoms with Crippen molar-refractivity contribution in [2.45, 2.75) is 84.6 Å². The van der Waals surface area contributed by atoms with Gasteiger partial charge in [-0.05, 0) is 26.0 Å². The van der Waals surface area contributed by atoms with E-state index in [0.717, 1.165) is 18.7 Å². The maximum absolute atomic E-state index is 9.77. The minimum absolute atomic E-state index is 0.404. The zero-order chi connectivity index (χ0) is 16.0. The van der Waals surface area contributed by atoms with E-state index in [1.807, 2.05) is 6.07 Å². The molecule has 0 amide bonds. The summed E-state index contributed by atoms with van der Waals surface area (Å²) in [7, 11) is 0. The van der Waals surface area contributed by atoms with Gasteiger partial charge in [-0.25, -0.2) is 0 Å². The van der Waals surface area contributed by atoms with Gasteiger partial charge in [-0.1, -0.05) is 82.4 Å². The molecule has 2 N–H and O–H groups in total. The molecule has 0 aromatic heterocycles. The maximum Gasteiger partial charge on any atom is 0.120 e. The number of phenols is 1. The first-order valence-electron chi connectivity index (χ1n) is 9.23. The van der Waals surface area contributed by atoms with Crippen molar-refractivity contribution in [1.29, 1.82) is 0 Å². The lowest BCUT2D eigenvalue weighted by Gasteiger charge is -2.08. The van der Waals surface area contributed by atoms with Gasteiger partial charge in [-0.15, -0.1) is 0 Å². The molecule has 1 aromatic carbocycles. The lowest BCUT2D eigenvalue weighted by Crippen LogP contribution is -2.14. The second-order valence-electron chi connectivity index (χ2n) is 6.49. The van der Waals surface area contributed by atoms with Gasteiger partial charge in [-0.2, -0.15) is 0 Å². The van der Waals surface area contributed by atoms with Crippen LogP contribution in [0.25, 0.3) is 0 Å². The molecule has 0 bridgehead atoms. The minimum Gasteiger partial charge on any atom is -0.508 e. The molecule has 0 heterocycles. The molecule has 126 valence electrons. The highest BCUT2D eigenvalue weighted by Crippen LogP contribution is 2.17. The summed E-state index contributed by atoms with van der Waals surface area (Å²) >= 11 is 0. The zero-order valence-electron chi connectivity index (χ0n) is 14.7. The van der Waals surface area contributed by atoms with E-state index in [9.17, 15) is 5.11 Å². The lowest BCUT2D eigenvalue weighted by molar-refractivity contribution is 0.463. The van der Waals surface area contributed by atoms with Crippen LogP contribution >= 0.6 is 0 Å². The molecule has 0 aliphatic heterocycles. The van der Waals surface area contributed by atoms with Gasteiger partial charge in [0.05, 0.1) is 0 Å². The fourth-order valence-electron chi connectivity index (χ4n) is 2.82. The molecule has 0 saturated heterocycles. The molecule has 0 spiro atoms. The van der Waals surface area contributed by atoms with E-state index in [2.05, 4.69) is 25.2 Å². The van der Waals surface area contributed by atoms with Crippen LogP contribution in [0, 0.1) is 6.92 Å². The number of rotatable bonds is 13. The Morgan fingerprint density at radius 1 is 0.864 bits per heavy atom. The molecule has 2 nitrogen and oxygen atoms in total. The highest BCUT2D eigenvalue weighted by atomic mass is 16.3. The van der Waals surface area contributed by atoms with Crippen molar-refractivity contribution < 1.29 is 5.11 Å². The molecule has 0 atom stereocenters. The summed E-state index contributed by atoms with van der Waals surface area (Å²) in [6.45, 7) is 6.15. The first kappa shape index (κ1) is 19.0. The van der Waals surface area contributed by atoms with Gasteiger partial charge in [0.1, 0.15) is 5.75 Å². The molecule has 0 unspecified atom stereocenters. The van der Waals surface area contributed by atoms with E-state index < -0.39 is 0 Å². The zero-order valence-corrected chi connectivity index (χ0v) is 14.7. The SMILES string of the molecule is CCCCCCCCCCCCNCc1cc(C)ccc1O. The van der Waals surface area contributed by atoms with Crippen LogP contribution < -0.4 is 5.32 Å². The van der Waals surface area contributed by atoms with E-state index >= 15 is 0 Å². The Labute approximate surface area is 137 Å². The van der Waals surface area contributed by atoms with Crippen LogP contribution in [0.4, 0.5) is 0 Å². The lowest BCUT2D eigenvalue weighted by atomic mass is 10.1. The largest absolute Gasteiger partial charge is 0.508 e. The highest BCUT2D eigenvalue weighted by molar-refractivity contribution is 5.35. The number of aryl methyl sites for hydroxylation is 1. The number of nitrogens with one attached hydrogen (secondary N) is 1. The fraction of sp³-hybridized carbons (Fsp3) is 0.700. The average Bonchev–Trinajstić information content (AvgIpc) is 2.51. The predicted octanol–water partition coefficient (Wildman–Crippen LogP) is 5.71. The van der Waals surface area contributed by atoms with Crippen molar-refractivity contribution in [1.82, 2.24) is 5.32 Å². The summed E-state index contributed by atoms with van der Waals surface area (Å²) < 4.78 is 0. The van der Waals surface area contributed by atoms with Crippen molar-refractivity contribution in [2.24, 2.45) is 0 Å². The molecule has 1 aromatic rings. The summed E-state index contributed by atoms with van der Waals surface area (Å²) in [6, 6.07) is 5.79. The number of hydrogen-bond donors (Lipinski definition) is 2. The van der Waals surface area contributed by atoms with Gasteiger partial charge in [0.15, 0.2) is 0 Å². The highest BCUT2D eigenvalue weighted by Gasteiger charge is 2.00. The van der Waals surface area contributed by atoms with Gasteiger partial charge in [-0.3, -0.25) is 0 Å². The van der Waals surface area contributed by atoms with E-state index in [1.165, 1.54) is 69.8 Å². The molecule has 0 radical (unpaired) electrons. The van der Waals surface area contributed by atoms with Crippen molar-refractivity contribution in [3.05, 3.63) is 29.3 Å². The Hall–Kier alpha value is -1.02. The molecule has 1 rings (SSSR count). The van der Waals surface area contributed by atoms with Gasteiger partial charge in [0.25, 0.3) is 0 Å². The van der Waals surface area contributed by atoms with Crippen molar-refractivity contribution in [3.8, 4) is 5.75 Å². The summed E-state index contributed by atoms with van der Waals surface area (Å²) in [5.41, 5.74) is 2.21. The third-order valence-corrected chi connectivity index (χ3v) is 4.26. The van der Waals surface area contributed by atoms with Crippen molar-refractivity contribution in [2.75, 3.05) is 6.54 Å². The summed E-state index contributed by atoms with van der Waals surface area (Å²) in [4.78, 5) is 0. The van der Waals surface area contributed by atoms with Crippen LogP contribution in [0.15, 0.2) is 18.2 Å². The molecule has 0 aliphatic rings. The first-order chi connectivity index (χ1) is 10.7. The van der Waals surface area contributed by atoms with Gasteiger partial charge in [0, 0.05) is 12.1 Å². The molecular formula is C20H35NO. The topological polar surface area (TPSA) is 32.3 Å².